The number of nitrogens with one attached hydrogen (secondary N) is 1. The van der Waals surface area contributed by atoms with Crippen LogP contribution in [-0.2, 0) is 0 Å². The molecule has 4 nitrogen and oxygen atoms in total. The zero-order valence-corrected chi connectivity index (χ0v) is 10.1. The number of hydrogen-bond donors (Lipinski definition) is 2. The highest BCUT2D eigenvalue weighted by Crippen LogP contribution is 2.23. The summed E-state index contributed by atoms with van der Waals surface area (Å²) in [6.07, 6.45) is -2.44. The second-order valence-electron chi connectivity index (χ2n) is 3.93. The SMILES string of the molecule is Cc1cc(N(C)CC(F)F)c(C(=N)N)c(C)n1. The lowest BCUT2D eigenvalue weighted by atomic mass is 10.1. The lowest BCUT2D eigenvalue weighted by Gasteiger charge is -2.23. The first-order valence-corrected chi connectivity index (χ1v) is 5.14. The van der Waals surface area contributed by atoms with Gasteiger partial charge in [0.1, 0.15) is 5.84 Å². The minimum atomic E-state index is -2.44. The van der Waals surface area contributed by atoms with Crippen LogP contribution in [-0.4, -0.2) is 30.8 Å². The number of alkyl halides is 2. The fraction of sp³-hybridized carbons (Fsp3) is 0.455. The van der Waals surface area contributed by atoms with E-state index in [1.165, 1.54) is 4.90 Å². The van der Waals surface area contributed by atoms with E-state index in [9.17, 15) is 8.78 Å². The van der Waals surface area contributed by atoms with Gasteiger partial charge < -0.3 is 10.6 Å². The van der Waals surface area contributed by atoms with Crippen molar-refractivity contribution in [2.45, 2.75) is 20.3 Å². The van der Waals surface area contributed by atoms with Gasteiger partial charge in [-0.25, -0.2) is 8.78 Å². The molecule has 0 saturated heterocycles. The quantitative estimate of drug-likeness (QED) is 0.623. The Morgan fingerprint density at radius 2 is 2.12 bits per heavy atom. The van der Waals surface area contributed by atoms with Crippen molar-refractivity contribution in [2.75, 3.05) is 18.5 Å². The largest absolute Gasteiger partial charge is 0.384 e. The fourth-order valence-electron chi connectivity index (χ4n) is 1.75. The predicted octanol–water partition coefficient (Wildman–Crippen LogP) is 1.68. The molecule has 0 radical (unpaired) electrons. The van der Waals surface area contributed by atoms with Crippen molar-refractivity contribution >= 4 is 11.5 Å². The number of nitrogen functional groups attached to an aromatic ring is 1. The molecule has 0 bridgehead atoms. The van der Waals surface area contributed by atoms with E-state index in [2.05, 4.69) is 4.98 Å². The van der Waals surface area contributed by atoms with Crippen molar-refractivity contribution in [3.05, 3.63) is 23.0 Å². The first kappa shape index (κ1) is 13.3. The molecule has 3 N–H and O–H groups in total. The molecule has 1 aromatic rings. The van der Waals surface area contributed by atoms with Gasteiger partial charge in [-0.05, 0) is 19.9 Å². The molecule has 0 aliphatic carbocycles. The van der Waals surface area contributed by atoms with Crippen LogP contribution in [0.4, 0.5) is 14.5 Å². The number of nitrogens with two attached hydrogens (primary N) is 1. The van der Waals surface area contributed by atoms with E-state index in [4.69, 9.17) is 11.1 Å². The van der Waals surface area contributed by atoms with Crippen LogP contribution < -0.4 is 10.6 Å². The number of halogens is 2. The molecule has 17 heavy (non-hydrogen) atoms. The van der Waals surface area contributed by atoms with Crippen molar-refractivity contribution in [3.8, 4) is 0 Å². The zero-order chi connectivity index (χ0) is 13.2. The lowest BCUT2D eigenvalue weighted by molar-refractivity contribution is 0.156. The molecule has 94 valence electrons. The van der Waals surface area contributed by atoms with Crippen LogP contribution in [0.2, 0.25) is 0 Å². The minimum Gasteiger partial charge on any atom is -0.384 e. The maximum absolute atomic E-state index is 12.4. The van der Waals surface area contributed by atoms with Gasteiger partial charge in [0.2, 0.25) is 0 Å². The van der Waals surface area contributed by atoms with Gasteiger partial charge in [0.05, 0.1) is 23.5 Å². The molecule has 0 unspecified atom stereocenters. The minimum absolute atomic E-state index is 0.161. The third-order valence-corrected chi connectivity index (χ3v) is 2.40. The first-order chi connectivity index (χ1) is 7.82. The van der Waals surface area contributed by atoms with Crippen molar-refractivity contribution in [3.63, 3.8) is 0 Å². The van der Waals surface area contributed by atoms with Crippen LogP contribution in [0, 0.1) is 19.3 Å². The Balaban J connectivity index is 3.25. The average Bonchev–Trinajstić information content (AvgIpc) is 2.14. The van der Waals surface area contributed by atoms with E-state index in [-0.39, 0.29) is 5.84 Å². The summed E-state index contributed by atoms with van der Waals surface area (Å²) in [6.45, 7) is 3.09. The van der Waals surface area contributed by atoms with Gasteiger partial charge in [-0.3, -0.25) is 10.4 Å². The van der Waals surface area contributed by atoms with Crippen LogP contribution in [0.1, 0.15) is 17.0 Å². The van der Waals surface area contributed by atoms with Crippen LogP contribution in [0.25, 0.3) is 0 Å². The number of pyridine rings is 1. The van der Waals surface area contributed by atoms with E-state index in [1.807, 2.05) is 0 Å². The van der Waals surface area contributed by atoms with Gasteiger partial charge in [-0.15, -0.1) is 0 Å². The third-order valence-electron chi connectivity index (χ3n) is 2.40. The van der Waals surface area contributed by atoms with E-state index >= 15 is 0 Å². The summed E-state index contributed by atoms with van der Waals surface area (Å²) >= 11 is 0. The highest BCUT2D eigenvalue weighted by Gasteiger charge is 2.17. The molecule has 1 aromatic heterocycles. The summed E-state index contributed by atoms with van der Waals surface area (Å²) in [5, 5.41) is 7.49. The number of amidine groups is 1. The van der Waals surface area contributed by atoms with E-state index < -0.39 is 13.0 Å². The number of hydrogen-bond acceptors (Lipinski definition) is 3. The molecule has 1 heterocycles. The molecule has 0 spiro atoms. The van der Waals surface area contributed by atoms with E-state index in [1.54, 1.807) is 27.0 Å². The Labute approximate surface area is 99.0 Å². The standard InChI is InChI=1S/C11H16F2N4/c1-6-4-8(17(3)5-9(12)13)10(11(14)15)7(2)16-6/h4,9H,5H2,1-3H3,(H3,14,15). The molecule has 0 saturated carbocycles. The second kappa shape index (κ2) is 5.07. The Morgan fingerprint density at radius 1 is 1.53 bits per heavy atom. The summed E-state index contributed by atoms with van der Waals surface area (Å²) in [4.78, 5) is 5.57. The average molecular weight is 242 g/mol. The van der Waals surface area contributed by atoms with Crippen molar-refractivity contribution < 1.29 is 8.78 Å². The fourth-order valence-corrected chi connectivity index (χ4v) is 1.75. The van der Waals surface area contributed by atoms with Crippen LogP contribution in [0.15, 0.2) is 6.07 Å². The maximum Gasteiger partial charge on any atom is 0.255 e. The molecule has 0 aromatic carbocycles. The Hall–Kier alpha value is -1.72. The summed E-state index contributed by atoms with van der Waals surface area (Å²) < 4.78 is 24.7. The molecule has 0 fully saturated rings. The van der Waals surface area contributed by atoms with Gasteiger partial charge in [-0.1, -0.05) is 0 Å². The maximum atomic E-state index is 12.4. The monoisotopic (exact) mass is 242 g/mol. The van der Waals surface area contributed by atoms with Crippen molar-refractivity contribution in [2.24, 2.45) is 5.73 Å². The number of nitrogens with zero attached hydrogens (tertiary/aromatic N) is 2. The van der Waals surface area contributed by atoms with Gasteiger partial charge in [0, 0.05) is 12.7 Å². The molecular formula is C11H16F2N4. The van der Waals surface area contributed by atoms with E-state index in [0.29, 0.717) is 22.6 Å². The lowest BCUT2D eigenvalue weighted by Crippen LogP contribution is -2.28. The summed E-state index contributed by atoms with van der Waals surface area (Å²) in [6, 6.07) is 1.66. The highest BCUT2D eigenvalue weighted by atomic mass is 19.3. The van der Waals surface area contributed by atoms with Gasteiger partial charge >= 0.3 is 0 Å². The van der Waals surface area contributed by atoms with Crippen molar-refractivity contribution in [1.29, 1.82) is 5.41 Å². The third kappa shape index (κ3) is 3.12. The van der Waals surface area contributed by atoms with Crippen LogP contribution in [0.3, 0.4) is 0 Å². The van der Waals surface area contributed by atoms with E-state index in [0.717, 1.165) is 0 Å². The molecule has 0 amide bonds. The summed E-state index contributed by atoms with van der Waals surface area (Å²) in [5.41, 5.74) is 7.68. The Bertz CT molecular complexity index is 432. The molecule has 0 aliphatic rings. The molecule has 6 heteroatoms. The number of anilines is 1. The topological polar surface area (TPSA) is 66.0 Å². The number of aromatic nitrogens is 1. The highest BCUT2D eigenvalue weighted by molar-refractivity contribution is 6.01. The Kier molecular flexibility index (Phi) is 3.98. The first-order valence-electron chi connectivity index (χ1n) is 5.14. The van der Waals surface area contributed by atoms with Gasteiger partial charge in [0.15, 0.2) is 0 Å². The van der Waals surface area contributed by atoms with Crippen molar-refractivity contribution in [1.82, 2.24) is 4.98 Å². The Morgan fingerprint density at radius 3 is 2.59 bits per heavy atom. The zero-order valence-electron chi connectivity index (χ0n) is 10.1. The van der Waals surface area contributed by atoms with Gasteiger partial charge in [0.25, 0.3) is 6.43 Å². The predicted molar refractivity (Wildman–Crippen MR) is 64.0 cm³/mol. The van der Waals surface area contributed by atoms with Gasteiger partial charge in [-0.2, -0.15) is 0 Å². The second-order valence-corrected chi connectivity index (χ2v) is 3.93. The van der Waals surface area contributed by atoms with Crippen LogP contribution in [0.5, 0.6) is 0 Å². The molecular weight excluding hydrogens is 226 g/mol. The number of aryl methyl sites for hydroxylation is 2. The van der Waals surface area contributed by atoms with Crippen LogP contribution >= 0.6 is 0 Å². The normalized spacial score (nSPS) is 10.7. The summed E-state index contributed by atoms with van der Waals surface area (Å²) in [5.74, 6) is -0.161. The molecule has 0 aliphatic heterocycles. The molecule has 0 atom stereocenters. The summed E-state index contributed by atoms with van der Waals surface area (Å²) in [7, 11) is 1.55. The molecule has 1 rings (SSSR count). The number of rotatable bonds is 4. The smallest absolute Gasteiger partial charge is 0.255 e.